The molecule has 0 aromatic heterocycles. The minimum Gasteiger partial charge on any atom is -0.366 e. The molecule has 0 radical (unpaired) electrons. The van der Waals surface area contributed by atoms with Gasteiger partial charge in [-0.1, -0.05) is 35.9 Å². The van der Waals surface area contributed by atoms with Gasteiger partial charge in [0.05, 0.1) is 16.4 Å². The number of nitrogens with one attached hydrogen (secondary N) is 1. The Balaban J connectivity index is 1.52. The van der Waals surface area contributed by atoms with Crippen molar-refractivity contribution in [2.75, 3.05) is 35.8 Å². The summed E-state index contributed by atoms with van der Waals surface area (Å²) in [7, 11) is -4.02. The first-order chi connectivity index (χ1) is 16.2. The molecule has 1 heterocycles. The van der Waals surface area contributed by atoms with Crippen LogP contribution in [0.3, 0.4) is 0 Å². The number of piperazine rings is 1. The molecule has 9 heteroatoms. The predicted octanol–water partition coefficient (Wildman–Crippen LogP) is 4.86. The first-order valence-electron chi connectivity index (χ1n) is 10.8. The summed E-state index contributed by atoms with van der Waals surface area (Å²) in [6.45, 7) is 5.44. The molecule has 6 nitrogen and oxygen atoms in total. The van der Waals surface area contributed by atoms with Crippen molar-refractivity contribution in [1.82, 2.24) is 4.90 Å². The smallest absolute Gasteiger partial charge is 0.263 e. The van der Waals surface area contributed by atoms with E-state index in [0.29, 0.717) is 37.6 Å². The zero-order valence-electron chi connectivity index (χ0n) is 18.9. The first kappa shape index (κ1) is 24.0. The third kappa shape index (κ3) is 4.88. The number of rotatable bonds is 5. The van der Waals surface area contributed by atoms with Crippen LogP contribution in [-0.2, 0) is 10.0 Å². The number of halogens is 2. The van der Waals surface area contributed by atoms with Crippen LogP contribution >= 0.6 is 11.6 Å². The summed E-state index contributed by atoms with van der Waals surface area (Å²) in [5.74, 6) is -0.598. The van der Waals surface area contributed by atoms with Gasteiger partial charge < -0.3 is 9.80 Å². The van der Waals surface area contributed by atoms with Gasteiger partial charge in [0.2, 0.25) is 0 Å². The van der Waals surface area contributed by atoms with Gasteiger partial charge in [-0.3, -0.25) is 9.52 Å². The van der Waals surface area contributed by atoms with E-state index in [9.17, 15) is 17.6 Å². The highest BCUT2D eigenvalue weighted by Crippen LogP contribution is 2.28. The van der Waals surface area contributed by atoms with Crippen molar-refractivity contribution < 1.29 is 17.6 Å². The maximum Gasteiger partial charge on any atom is 0.263 e. The summed E-state index contributed by atoms with van der Waals surface area (Å²) in [6, 6.07) is 16.1. The van der Waals surface area contributed by atoms with E-state index in [1.165, 1.54) is 24.3 Å². The molecule has 178 valence electrons. The second-order valence-corrected chi connectivity index (χ2v) is 10.3. The number of para-hydroxylation sites is 1. The number of amides is 1. The van der Waals surface area contributed by atoms with Gasteiger partial charge in [-0.2, -0.15) is 0 Å². The Morgan fingerprint density at radius 2 is 1.68 bits per heavy atom. The lowest BCUT2D eigenvalue weighted by Crippen LogP contribution is -2.49. The van der Waals surface area contributed by atoms with Crippen molar-refractivity contribution in [1.29, 1.82) is 0 Å². The predicted molar refractivity (Wildman–Crippen MR) is 133 cm³/mol. The Labute approximate surface area is 204 Å². The Kier molecular flexibility index (Phi) is 6.81. The maximum absolute atomic E-state index is 14.1. The van der Waals surface area contributed by atoms with Crippen LogP contribution in [0.5, 0.6) is 0 Å². The number of anilines is 2. The second-order valence-electron chi connectivity index (χ2n) is 8.23. The first-order valence-corrected chi connectivity index (χ1v) is 12.7. The number of nitrogens with zero attached hydrogens (tertiary/aromatic N) is 2. The third-order valence-electron chi connectivity index (χ3n) is 6.08. The lowest BCUT2D eigenvalue weighted by Gasteiger charge is -2.36. The molecule has 0 atom stereocenters. The maximum atomic E-state index is 14.1. The summed E-state index contributed by atoms with van der Waals surface area (Å²) in [5.41, 5.74) is 2.95. The average Bonchev–Trinajstić information content (AvgIpc) is 2.82. The van der Waals surface area contributed by atoms with Crippen molar-refractivity contribution in [3.8, 4) is 0 Å². The minimum atomic E-state index is -4.02. The molecule has 3 aromatic carbocycles. The van der Waals surface area contributed by atoms with Gasteiger partial charge in [-0.05, 0) is 61.4 Å². The van der Waals surface area contributed by atoms with Crippen molar-refractivity contribution in [2.24, 2.45) is 0 Å². The molecule has 1 amide bonds. The zero-order chi connectivity index (χ0) is 24.5. The fraction of sp³-hybridized carbons (Fsp3) is 0.240. The van der Waals surface area contributed by atoms with Crippen LogP contribution in [-0.4, -0.2) is 45.4 Å². The van der Waals surface area contributed by atoms with Crippen LogP contribution in [0.4, 0.5) is 15.8 Å². The van der Waals surface area contributed by atoms with Gasteiger partial charge >= 0.3 is 0 Å². The molecule has 1 aliphatic rings. The minimum absolute atomic E-state index is 0.0266. The highest BCUT2D eigenvalue weighted by molar-refractivity contribution is 7.92. The number of hydrogen-bond acceptors (Lipinski definition) is 4. The molecule has 34 heavy (non-hydrogen) atoms. The highest BCUT2D eigenvalue weighted by atomic mass is 35.5. The molecule has 1 N–H and O–H groups in total. The quantitative estimate of drug-likeness (QED) is 0.542. The zero-order valence-corrected chi connectivity index (χ0v) is 20.5. The largest absolute Gasteiger partial charge is 0.366 e. The lowest BCUT2D eigenvalue weighted by molar-refractivity contribution is 0.0746. The van der Waals surface area contributed by atoms with Crippen molar-refractivity contribution in [3.63, 3.8) is 0 Å². The summed E-state index contributed by atoms with van der Waals surface area (Å²) < 4.78 is 42.9. The fourth-order valence-electron chi connectivity index (χ4n) is 3.94. The number of benzene rings is 3. The molecule has 4 rings (SSSR count). The number of hydrogen-bond donors (Lipinski definition) is 1. The van der Waals surface area contributed by atoms with Crippen LogP contribution in [0.15, 0.2) is 65.6 Å². The van der Waals surface area contributed by atoms with E-state index in [1.54, 1.807) is 35.2 Å². The molecule has 0 aliphatic carbocycles. The van der Waals surface area contributed by atoms with Crippen LogP contribution in [0.1, 0.15) is 21.5 Å². The molecule has 0 saturated carbocycles. The summed E-state index contributed by atoms with van der Waals surface area (Å²) in [4.78, 5) is 16.5. The van der Waals surface area contributed by atoms with Crippen molar-refractivity contribution in [2.45, 2.75) is 18.7 Å². The monoisotopic (exact) mass is 501 g/mol. The lowest BCUT2D eigenvalue weighted by atomic mass is 10.1. The number of carbonyl (C=O) groups is 1. The molecule has 0 unspecified atom stereocenters. The van der Waals surface area contributed by atoms with E-state index in [4.69, 9.17) is 11.6 Å². The fourth-order valence-corrected chi connectivity index (χ4v) is 5.59. The third-order valence-corrected chi connectivity index (χ3v) is 7.92. The van der Waals surface area contributed by atoms with Gasteiger partial charge in [-0.25, -0.2) is 12.8 Å². The topological polar surface area (TPSA) is 69.7 Å². The van der Waals surface area contributed by atoms with Crippen LogP contribution in [0, 0.1) is 19.7 Å². The van der Waals surface area contributed by atoms with E-state index < -0.39 is 10.0 Å². The van der Waals surface area contributed by atoms with Gasteiger partial charge in [-0.15, -0.1) is 0 Å². The van der Waals surface area contributed by atoms with Gasteiger partial charge in [0.25, 0.3) is 15.9 Å². The summed E-state index contributed by atoms with van der Waals surface area (Å²) in [5, 5.41) is 0.0266. The molecule has 0 bridgehead atoms. The van der Waals surface area contributed by atoms with Crippen LogP contribution in [0.25, 0.3) is 0 Å². The Bertz CT molecular complexity index is 1340. The Morgan fingerprint density at radius 1 is 0.971 bits per heavy atom. The van der Waals surface area contributed by atoms with Crippen molar-refractivity contribution >= 4 is 38.9 Å². The molecule has 3 aromatic rings. The molecule has 1 aliphatic heterocycles. The highest BCUT2D eigenvalue weighted by Gasteiger charge is 2.26. The van der Waals surface area contributed by atoms with Gasteiger partial charge in [0, 0.05) is 31.7 Å². The summed E-state index contributed by atoms with van der Waals surface area (Å²) >= 11 is 6.22. The van der Waals surface area contributed by atoms with E-state index >= 15 is 0 Å². The van der Waals surface area contributed by atoms with Gasteiger partial charge in [0.1, 0.15) is 10.7 Å². The van der Waals surface area contributed by atoms with E-state index in [2.05, 4.69) is 4.72 Å². The number of aryl methyl sites for hydroxylation is 1. The van der Waals surface area contributed by atoms with Crippen LogP contribution < -0.4 is 9.62 Å². The molecular weight excluding hydrogens is 477 g/mol. The normalized spacial score (nSPS) is 14.2. The number of carbonyl (C=O) groups excluding carboxylic acids is 1. The second kappa shape index (κ2) is 9.64. The van der Waals surface area contributed by atoms with E-state index in [0.717, 1.165) is 11.1 Å². The summed E-state index contributed by atoms with van der Waals surface area (Å²) in [6.07, 6.45) is 0. The number of sulfonamides is 1. The standard InChI is InChI=1S/C25H25ClFN3O3S/c1-17-6-5-8-22(18(17)2)28-34(32,33)24-16-19(10-11-20(24)26)25(31)30-14-12-29(13-15-30)23-9-4-3-7-21(23)27/h3-11,16,28H,12-15H2,1-2H3. The van der Waals surface area contributed by atoms with Gasteiger partial charge in [0.15, 0.2) is 0 Å². The molecule has 1 fully saturated rings. The Hall–Kier alpha value is -3.10. The van der Waals surface area contributed by atoms with Crippen LogP contribution in [0.2, 0.25) is 5.02 Å². The molecule has 1 saturated heterocycles. The average molecular weight is 502 g/mol. The molecular formula is C25H25ClFN3O3S. The van der Waals surface area contributed by atoms with E-state index in [-0.39, 0.29) is 27.2 Å². The van der Waals surface area contributed by atoms with Crippen molar-refractivity contribution in [3.05, 3.63) is 88.2 Å². The Morgan fingerprint density at radius 3 is 2.38 bits per heavy atom. The molecule has 0 spiro atoms. The SMILES string of the molecule is Cc1cccc(NS(=O)(=O)c2cc(C(=O)N3CCN(c4ccccc4F)CC3)ccc2Cl)c1C. The van der Waals surface area contributed by atoms with E-state index in [1.807, 2.05) is 24.8 Å².